The number of rotatable bonds is 4. The van der Waals surface area contributed by atoms with Crippen LogP contribution in [0.15, 0.2) is 42.6 Å². The van der Waals surface area contributed by atoms with Crippen LogP contribution in [-0.4, -0.2) is 10.9 Å². The smallest absolute Gasteiger partial charge is 0.253 e. The van der Waals surface area contributed by atoms with E-state index in [1.165, 1.54) is 18.3 Å². The monoisotopic (exact) mass is 274 g/mol. The number of nitrogens with two attached hydrogens (primary N) is 1. The first-order valence-corrected chi connectivity index (χ1v) is 6.09. The molecule has 5 nitrogen and oxygen atoms in total. The number of carbonyl (C=O) groups is 1. The van der Waals surface area contributed by atoms with E-state index in [4.69, 9.17) is 5.84 Å². The van der Waals surface area contributed by atoms with Crippen LogP contribution < -0.4 is 16.6 Å². The van der Waals surface area contributed by atoms with Gasteiger partial charge in [0.25, 0.3) is 5.91 Å². The van der Waals surface area contributed by atoms with Gasteiger partial charge in [0.15, 0.2) is 0 Å². The number of hydrogen-bond donors (Lipinski definition) is 3. The first kappa shape index (κ1) is 14.0. The Hall–Kier alpha value is -2.47. The summed E-state index contributed by atoms with van der Waals surface area (Å²) >= 11 is 0. The molecule has 0 saturated carbocycles. The topological polar surface area (TPSA) is 80.0 Å². The Morgan fingerprint density at radius 2 is 2.15 bits per heavy atom. The van der Waals surface area contributed by atoms with Gasteiger partial charge in [-0.1, -0.05) is 12.1 Å². The highest BCUT2D eigenvalue weighted by Gasteiger charge is 2.12. The van der Waals surface area contributed by atoms with Gasteiger partial charge in [-0.3, -0.25) is 4.79 Å². The Morgan fingerprint density at radius 1 is 1.35 bits per heavy atom. The zero-order valence-corrected chi connectivity index (χ0v) is 10.9. The molecule has 0 bridgehead atoms. The zero-order valence-electron chi connectivity index (χ0n) is 10.9. The van der Waals surface area contributed by atoms with Crippen molar-refractivity contribution in [3.8, 4) is 0 Å². The summed E-state index contributed by atoms with van der Waals surface area (Å²) in [7, 11) is 0. The minimum atomic E-state index is -0.330. The number of anilines is 1. The van der Waals surface area contributed by atoms with Crippen LogP contribution in [0.5, 0.6) is 0 Å². The van der Waals surface area contributed by atoms with E-state index >= 15 is 0 Å². The minimum Gasteiger partial charge on any atom is -0.345 e. The Kier molecular flexibility index (Phi) is 4.27. The average Bonchev–Trinajstić information content (AvgIpc) is 2.47. The number of aromatic nitrogens is 1. The first-order valence-electron chi connectivity index (χ1n) is 6.09. The standard InChI is InChI=1S/C14H15FN4O/c1-9(10-3-2-4-12(15)7-10)18-14(20)11-5-6-13(19-16)17-8-11/h2-9H,16H2,1H3,(H,17,19)(H,18,20). The summed E-state index contributed by atoms with van der Waals surface area (Å²) < 4.78 is 13.1. The molecule has 1 aromatic carbocycles. The molecule has 2 rings (SSSR count). The number of nitrogen functional groups attached to an aromatic ring is 1. The van der Waals surface area contributed by atoms with Gasteiger partial charge < -0.3 is 10.7 Å². The lowest BCUT2D eigenvalue weighted by atomic mass is 10.1. The molecule has 20 heavy (non-hydrogen) atoms. The molecule has 1 atom stereocenters. The fourth-order valence-electron chi connectivity index (χ4n) is 1.75. The normalized spacial score (nSPS) is 11.8. The summed E-state index contributed by atoms with van der Waals surface area (Å²) in [5.41, 5.74) is 3.49. The molecule has 2 aromatic rings. The number of nitrogens with one attached hydrogen (secondary N) is 2. The third kappa shape index (κ3) is 3.30. The number of carbonyl (C=O) groups excluding carboxylic acids is 1. The fourth-order valence-corrected chi connectivity index (χ4v) is 1.75. The summed E-state index contributed by atoms with van der Waals surface area (Å²) in [4.78, 5) is 16.0. The molecule has 1 unspecified atom stereocenters. The Labute approximate surface area is 116 Å². The number of hydrogen-bond acceptors (Lipinski definition) is 4. The molecule has 0 spiro atoms. The van der Waals surface area contributed by atoms with Crippen LogP contribution in [0.3, 0.4) is 0 Å². The van der Waals surface area contributed by atoms with Gasteiger partial charge in [0.1, 0.15) is 11.6 Å². The molecular weight excluding hydrogens is 259 g/mol. The molecule has 1 aromatic heterocycles. The summed E-state index contributed by atoms with van der Waals surface area (Å²) in [5, 5.41) is 2.78. The SMILES string of the molecule is CC(NC(=O)c1ccc(NN)nc1)c1cccc(F)c1. The number of hydrazine groups is 1. The van der Waals surface area contributed by atoms with Crippen molar-refractivity contribution < 1.29 is 9.18 Å². The number of halogens is 1. The maximum Gasteiger partial charge on any atom is 0.253 e. The van der Waals surface area contributed by atoms with Gasteiger partial charge in [-0.15, -0.1) is 0 Å². The van der Waals surface area contributed by atoms with E-state index in [-0.39, 0.29) is 17.8 Å². The van der Waals surface area contributed by atoms with Crippen molar-refractivity contribution in [3.05, 3.63) is 59.5 Å². The van der Waals surface area contributed by atoms with Crippen LogP contribution >= 0.6 is 0 Å². The molecule has 104 valence electrons. The van der Waals surface area contributed by atoms with Crippen molar-refractivity contribution in [3.63, 3.8) is 0 Å². The van der Waals surface area contributed by atoms with E-state index in [0.717, 1.165) is 0 Å². The van der Waals surface area contributed by atoms with Crippen molar-refractivity contribution in [2.24, 2.45) is 5.84 Å². The van der Waals surface area contributed by atoms with Crippen molar-refractivity contribution >= 4 is 11.7 Å². The molecule has 0 aliphatic rings. The lowest BCUT2D eigenvalue weighted by Crippen LogP contribution is -2.26. The molecule has 0 aliphatic heterocycles. The number of amides is 1. The minimum absolute atomic E-state index is 0.280. The molecule has 1 heterocycles. The van der Waals surface area contributed by atoms with E-state index < -0.39 is 0 Å². The average molecular weight is 274 g/mol. The van der Waals surface area contributed by atoms with Gasteiger partial charge in [-0.25, -0.2) is 15.2 Å². The summed E-state index contributed by atoms with van der Waals surface area (Å²) in [6.07, 6.45) is 1.42. The van der Waals surface area contributed by atoms with Crippen molar-refractivity contribution in [1.29, 1.82) is 0 Å². The molecule has 0 saturated heterocycles. The summed E-state index contributed by atoms with van der Waals surface area (Å²) in [5.74, 6) is 5.06. The molecule has 0 fully saturated rings. The van der Waals surface area contributed by atoms with Crippen LogP contribution in [0.4, 0.5) is 10.2 Å². The Balaban J connectivity index is 2.06. The van der Waals surface area contributed by atoms with Gasteiger partial charge in [0, 0.05) is 6.20 Å². The highest BCUT2D eigenvalue weighted by atomic mass is 19.1. The molecule has 0 aliphatic carbocycles. The first-order chi connectivity index (χ1) is 9.60. The molecule has 4 N–H and O–H groups in total. The summed E-state index contributed by atoms with van der Waals surface area (Å²) in [6, 6.07) is 9.03. The van der Waals surface area contributed by atoms with E-state index in [0.29, 0.717) is 16.9 Å². The van der Waals surface area contributed by atoms with Crippen LogP contribution in [0, 0.1) is 5.82 Å². The van der Waals surface area contributed by atoms with E-state index in [1.54, 1.807) is 31.2 Å². The van der Waals surface area contributed by atoms with Gasteiger partial charge in [-0.05, 0) is 36.8 Å². The van der Waals surface area contributed by atoms with Crippen LogP contribution in [0.25, 0.3) is 0 Å². The van der Waals surface area contributed by atoms with Gasteiger partial charge in [0.05, 0.1) is 11.6 Å². The lowest BCUT2D eigenvalue weighted by molar-refractivity contribution is 0.0939. The van der Waals surface area contributed by atoms with Crippen LogP contribution in [0.2, 0.25) is 0 Å². The number of benzene rings is 1. The van der Waals surface area contributed by atoms with Crippen LogP contribution in [-0.2, 0) is 0 Å². The highest BCUT2D eigenvalue weighted by molar-refractivity contribution is 5.94. The molecular formula is C14H15FN4O. The van der Waals surface area contributed by atoms with Crippen molar-refractivity contribution in [2.75, 3.05) is 5.43 Å². The highest BCUT2D eigenvalue weighted by Crippen LogP contribution is 2.14. The van der Waals surface area contributed by atoms with E-state index in [1.807, 2.05) is 0 Å². The maximum atomic E-state index is 13.1. The summed E-state index contributed by atoms with van der Waals surface area (Å²) in [6.45, 7) is 1.79. The molecule has 0 radical (unpaired) electrons. The zero-order chi connectivity index (χ0) is 14.5. The quantitative estimate of drug-likeness (QED) is 0.588. The largest absolute Gasteiger partial charge is 0.345 e. The van der Waals surface area contributed by atoms with Gasteiger partial charge in [-0.2, -0.15) is 0 Å². The van der Waals surface area contributed by atoms with Crippen molar-refractivity contribution in [2.45, 2.75) is 13.0 Å². The maximum absolute atomic E-state index is 13.1. The Bertz CT molecular complexity index is 600. The third-order valence-electron chi connectivity index (χ3n) is 2.87. The van der Waals surface area contributed by atoms with Gasteiger partial charge >= 0.3 is 0 Å². The second-order valence-corrected chi connectivity index (χ2v) is 4.33. The fraction of sp³-hybridized carbons (Fsp3) is 0.143. The predicted octanol–water partition coefficient (Wildman–Crippen LogP) is 2.00. The predicted molar refractivity (Wildman–Crippen MR) is 74.3 cm³/mol. The third-order valence-corrected chi connectivity index (χ3v) is 2.87. The molecule has 6 heteroatoms. The number of nitrogens with zero attached hydrogens (tertiary/aromatic N) is 1. The van der Waals surface area contributed by atoms with Crippen molar-refractivity contribution in [1.82, 2.24) is 10.3 Å². The second-order valence-electron chi connectivity index (χ2n) is 4.33. The van der Waals surface area contributed by atoms with E-state index in [9.17, 15) is 9.18 Å². The van der Waals surface area contributed by atoms with Crippen LogP contribution in [0.1, 0.15) is 28.9 Å². The van der Waals surface area contributed by atoms with Gasteiger partial charge in [0.2, 0.25) is 0 Å². The molecule has 1 amide bonds. The second kappa shape index (κ2) is 6.12. The number of pyridine rings is 1. The lowest BCUT2D eigenvalue weighted by Gasteiger charge is -2.14. The Morgan fingerprint density at radius 3 is 2.75 bits per heavy atom. The van der Waals surface area contributed by atoms with E-state index in [2.05, 4.69) is 15.7 Å².